The average molecular weight is 316 g/mol. The lowest BCUT2D eigenvalue weighted by Crippen LogP contribution is -3.09. The van der Waals surface area contributed by atoms with Gasteiger partial charge in [0.25, 0.3) is 5.91 Å². The van der Waals surface area contributed by atoms with E-state index in [1.165, 1.54) is 5.56 Å². The number of anilines is 2. The van der Waals surface area contributed by atoms with Gasteiger partial charge in [-0.3, -0.25) is 14.5 Å². The smallest absolute Gasteiger partial charge is 0.282 e. The minimum Gasteiger partial charge on any atom is -0.326 e. The summed E-state index contributed by atoms with van der Waals surface area (Å²) in [6, 6.07) is 9.47. The van der Waals surface area contributed by atoms with Gasteiger partial charge < -0.3 is 10.2 Å². The van der Waals surface area contributed by atoms with Gasteiger partial charge in [-0.1, -0.05) is 12.1 Å². The van der Waals surface area contributed by atoms with Gasteiger partial charge in [-0.15, -0.1) is 0 Å². The van der Waals surface area contributed by atoms with Crippen LogP contribution < -0.4 is 15.1 Å². The summed E-state index contributed by atoms with van der Waals surface area (Å²) in [6.45, 7) is 1.25. The van der Waals surface area contributed by atoms with Crippen LogP contribution in [0.15, 0.2) is 41.1 Å². The molecule has 2 heterocycles. The maximum absolute atomic E-state index is 12.6. The van der Waals surface area contributed by atoms with Crippen LogP contribution in [0.4, 0.5) is 11.4 Å². The van der Waals surface area contributed by atoms with Crippen molar-refractivity contribution >= 4 is 34.5 Å². The van der Waals surface area contributed by atoms with E-state index in [0.29, 0.717) is 12.2 Å². The second-order valence-electron chi connectivity index (χ2n) is 5.49. The molecule has 2 N–H and O–H groups in total. The highest BCUT2D eigenvalue weighted by Gasteiger charge is 2.28. The quantitative estimate of drug-likeness (QED) is 0.874. The summed E-state index contributed by atoms with van der Waals surface area (Å²) >= 11 is 1.66. The van der Waals surface area contributed by atoms with E-state index in [9.17, 15) is 9.59 Å². The van der Waals surface area contributed by atoms with E-state index in [2.05, 4.69) is 16.8 Å². The molecule has 2 amide bonds. The fourth-order valence-corrected chi connectivity index (χ4v) is 3.28. The average Bonchev–Trinajstić information content (AvgIpc) is 2.98. The number of carbonyl (C=O) groups is 2. The number of carbonyl (C=O) groups excluding carboxylic acids is 2. The van der Waals surface area contributed by atoms with E-state index >= 15 is 0 Å². The molecule has 0 saturated carbocycles. The molecule has 0 aliphatic carbocycles. The first-order valence-electron chi connectivity index (χ1n) is 7.15. The van der Waals surface area contributed by atoms with Gasteiger partial charge in [-0.25, -0.2) is 0 Å². The highest BCUT2D eigenvalue weighted by atomic mass is 32.1. The molecule has 1 aromatic carbocycles. The lowest BCUT2D eigenvalue weighted by molar-refractivity contribution is -0.885. The molecule has 114 valence electrons. The Bertz CT molecular complexity index is 684. The molecule has 1 aliphatic heterocycles. The predicted octanol–water partition coefficient (Wildman–Crippen LogP) is 0.748. The molecule has 5 nitrogen and oxygen atoms in total. The van der Waals surface area contributed by atoms with Crippen LogP contribution in [-0.2, 0) is 16.1 Å². The SMILES string of the molecule is C[NH+](CC(=O)N1CC(=O)Nc2ccccc21)Cc1ccsc1. The van der Waals surface area contributed by atoms with Crippen LogP contribution >= 0.6 is 11.3 Å². The van der Waals surface area contributed by atoms with Gasteiger partial charge in [-0.2, -0.15) is 11.3 Å². The summed E-state index contributed by atoms with van der Waals surface area (Å²) in [7, 11) is 1.99. The third-order valence-corrected chi connectivity index (χ3v) is 4.34. The van der Waals surface area contributed by atoms with Crippen LogP contribution in [0.2, 0.25) is 0 Å². The molecule has 3 rings (SSSR count). The number of rotatable bonds is 4. The summed E-state index contributed by atoms with van der Waals surface area (Å²) in [4.78, 5) is 27.0. The van der Waals surface area contributed by atoms with Crippen LogP contribution in [0.1, 0.15) is 5.56 Å². The fourth-order valence-electron chi connectivity index (χ4n) is 2.61. The summed E-state index contributed by atoms with van der Waals surface area (Å²) in [5.74, 6) is -0.183. The summed E-state index contributed by atoms with van der Waals surface area (Å²) in [6.07, 6.45) is 0. The third kappa shape index (κ3) is 3.18. The largest absolute Gasteiger partial charge is 0.326 e. The van der Waals surface area contributed by atoms with E-state index in [1.807, 2.05) is 36.7 Å². The summed E-state index contributed by atoms with van der Waals surface area (Å²) < 4.78 is 0. The molecule has 0 saturated heterocycles. The van der Waals surface area contributed by atoms with E-state index in [-0.39, 0.29) is 18.4 Å². The maximum Gasteiger partial charge on any atom is 0.282 e. The van der Waals surface area contributed by atoms with Gasteiger partial charge in [0.1, 0.15) is 13.1 Å². The standard InChI is InChI=1S/C16H17N3O2S/c1-18(8-12-6-7-22-11-12)10-16(21)19-9-15(20)17-13-4-2-3-5-14(13)19/h2-7,11H,8-10H2,1H3,(H,17,20)/p+1. The molecule has 0 bridgehead atoms. The molecule has 0 radical (unpaired) electrons. The van der Waals surface area contributed by atoms with Gasteiger partial charge in [0.05, 0.1) is 18.4 Å². The molecule has 22 heavy (non-hydrogen) atoms. The van der Waals surface area contributed by atoms with E-state index in [1.54, 1.807) is 16.2 Å². The number of para-hydroxylation sites is 2. The normalized spacial score (nSPS) is 15.1. The van der Waals surface area contributed by atoms with Gasteiger partial charge >= 0.3 is 0 Å². The van der Waals surface area contributed by atoms with Crippen molar-refractivity contribution in [2.75, 3.05) is 30.4 Å². The first-order valence-corrected chi connectivity index (χ1v) is 8.09. The van der Waals surface area contributed by atoms with Crippen LogP contribution in [0.3, 0.4) is 0 Å². The Hall–Kier alpha value is -2.18. The van der Waals surface area contributed by atoms with Crippen molar-refractivity contribution in [1.29, 1.82) is 0 Å². The number of benzene rings is 1. The van der Waals surface area contributed by atoms with Crippen LogP contribution in [0.25, 0.3) is 0 Å². The van der Waals surface area contributed by atoms with Crippen molar-refractivity contribution in [3.05, 3.63) is 46.7 Å². The van der Waals surface area contributed by atoms with Crippen molar-refractivity contribution in [2.24, 2.45) is 0 Å². The molecule has 6 heteroatoms. The first kappa shape index (κ1) is 14.7. The van der Waals surface area contributed by atoms with Crippen molar-refractivity contribution in [3.8, 4) is 0 Å². The molecular formula is C16H18N3O2S+. The van der Waals surface area contributed by atoms with E-state index in [4.69, 9.17) is 0 Å². The van der Waals surface area contributed by atoms with Gasteiger partial charge in [0.2, 0.25) is 5.91 Å². The number of thiophene rings is 1. The van der Waals surface area contributed by atoms with Crippen molar-refractivity contribution < 1.29 is 14.5 Å². The number of nitrogens with one attached hydrogen (secondary N) is 2. The molecule has 0 spiro atoms. The number of fused-ring (bicyclic) bond motifs is 1. The highest BCUT2D eigenvalue weighted by Crippen LogP contribution is 2.28. The number of hydrogen-bond donors (Lipinski definition) is 2. The number of quaternary nitrogens is 1. The van der Waals surface area contributed by atoms with Crippen LogP contribution in [0, 0.1) is 0 Å². The number of likely N-dealkylation sites (N-methyl/N-ethyl adjacent to an activating group) is 1. The Morgan fingerprint density at radius 2 is 2.18 bits per heavy atom. The molecular weight excluding hydrogens is 298 g/mol. The second-order valence-corrected chi connectivity index (χ2v) is 6.27. The zero-order valence-corrected chi connectivity index (χ0v) is 13.2. The minimum atomic E-state index is -0.150. The Kier molecular flexibility index (Phi) is 4.22. The Balaban J connectivity index is 1.71. The summed E-state index contributed by atoms with van der Waals surface area (Å²) in [5, 5.41) is 6.93. The molecule has 2 aromatic rings. The molecule has 1 aromatic heterocycles. The van der Waals surface area contributed by atoms with E-state index in [0.717, 1.165) is 17.1 Å². The van der Waals surface area contributed by atoms with Gasteiger partial charge in [0.15, 0.2) is 6.54 Å². The Morgan fingerprint density at radius 3 is 2.95 bits per heavy atom. The molecule has 1 unspecified atom stereocenters. The predicted molar refractivity (Wildman–Crippen MR) is 87.2 cm³/mol. The van der Waals surface area contributed by atoms with Crippen molar-refractivity contribution in [2.45, 2.75) is 6.54 Å². The Morgan fingerprint density at radius 1 is 1.36 bits per heavy atom. The zero-order valence-electron chi connectivity index (χ0n) is 12.3. The molecule has 0 fully saturated rings. The lowest BCUT2D eigenvalue weighted by Gasteiger charge is -2.29. The van der Waals surface area contributed by atoms with Crippen molar-refractivity contribution in [1.82, 2.24) is 0 Å². The monoisotopic (exact) mass is 316 g/mol. The van der Waals surface area contributed by atoms with Crippen LogP contribution in [-0.4, -0.2) is 32.0 Å². The van der Waals surface area contributed by atoms with Gasteiger partial charge in [0, 0.05) is 5.56 Å². The maximum atomic E-state index is 12.6. The highest BCUT2D eigenvalue weighted by molar-refractivity contribution is 7.07. The summed E-state index contributed by atoms with van der Waals surface area (Å²) in [5.41, 5.74) is 2.70. The second kappa shape index (κ2) is 6.29. The molecule has 1 atom stereocenters. The Labute approximate surface area is 133 Å². The topological polar surface area (TPSA) is 53.9 Å². The number of nitrogens with zero attached hydrogens (tertiary/aromatic N) is 1. The van der Waals surface area contributed by atoms with E-state index < -0.39 is 0 Å². The zero-order chi connectivity index (χ0) is 15.5. The third-order valence-electron chi connectivity index (χ3n) is 3.61. The first-order chi connectivity index (χ1) is 10.6. The minimum absolute atomic E-state index is 0.0324. The van der Waals surface area contributed by atoms with Crippen molar-refractivity contribution in [3.63, 3.8) is 0 Å². The number of hydrogen-bond acceptors (Lipinski definition) is 3. The van der Waals surface area contributed by atoms with Crippen LogP contribution in [0.5, 0.6) is 0 Å². The molecule has 1 aliphatic rings. The lowest BCUT2D eigenvalue weighted by atomic mass is 10.2. The fraction of sp³-hybridized carbons (Fsp3) is 0.250. The number of amides is 2. The van der Waals surface area contributed by atoms with Gasteiger partial charge in [-0.05, 0) is 29.0 Å².